The molecule has 1 unspecified atom stereocenters. The Labute approximate surface area is 134 Å². The van der Waals surface area contributed by atoms with Crippen LogP contribution in [0.3, 0.4) is 0 Å². The molecule has 2 aromatic rings. The van der Waals surface area contributed by atoms with Crippen molar-refractivity contribution in [2.24, 2.45) is 0 Å². The van der Waals surface area contributed by atoms with Gasteiger partial charge in [-0.05, 0) is 18.9 Å². The van der Waals surface area contributed by atoms with Gasteiger partial charge in [0.25, 0.3) is 5.91 Å². The van der Waals surface area contributed by atoms with Crippen molar-refractivity contribution in [3.05, 3.63) is 47.6 Å². The molecule has 0 radical (unpaired) electrons. The van der Waals surface area contributed by atoms with Gasteiger partial charge >= 0.3 is 6.18 Å². The Morgan fingerprint density at radius 3 is 2.79 bits per heavy atom. The predicted molar refractivity (Wildman–Crippen MR) is 75.7 cm³/mol. The van der Waals surface area contributed by atoms with E-state index in [-0.39, 0.29) is 23.9 Å². The van der Waals surface area contributed by atoms with Gasteiger partial charge in [-0.25, -0.2) is 9.37 Å². The highest BCUT2D eigenvalue weighted by atomic mass is 19.4. The van der Waals surface area contributed by atoms with E-state index >= 15 is 0 Å². The Hall–Kier alpha value is -2.45. The van der Waals surface area contributed by atoms with Crippen molar-refractivity contribution in [1.29, 1.82) is 0 Å². The van der Waals surface area contributed by atoms with Gasteiger partial charge in [-0.15, -0.1) is 0 Å². The Balaban J connectivity index is 1.76. The van der Waals surface area contributed by atoms with E-state index in [9.17, 15) is 22.4 Å². The topological polar surface area (TPSA) is 61.9 Å². The molecular weight excluding hydrogens is 328 g/mol. The van der Waals surface area contributed by atoms with Crippen LogP contribution in [0.5, 0.6) is 0 Å². The molecule has 0 aliphatic carbocycles. The van der Waals surface area contributed by atoms with Crippen molar-refractivity contribution >= 4 is 5.91 Å². The van der Waals surface area contributed by atoms with Crippen molar-refractivity contribution in [2.75, 3.05) is 13.1 Å². The van der Waals surface area contributed by atoms with Crippen molar-refractivity contribution < 1.29 is 22.4 Å². The molecule has 1 saturated heterocycles. The van der Waals surface area contributed by atoms with Crippen LogP contribution in [-0.2, 0) is 6.18 Å². The molecule has 0 spiro atoms. The minimum absolute atomic E-state index is 0.0962. The molecule has 128 valence electrons. The van der Waals surface area contributed by atoms with E-state index in [1.807, 2.05) is 0 Å². The second kappa shape index (κ2) is 6.21. The van der Waals surface area contributed by atoms with Gasteiger partial charge in [-0.3, -0.25) is 9.78 Å². The highest BCUT2D eigenvalue weighted by molar-refractivity contribution is 5.94. The van der Waals surface area contributed by atoms with Crippen molar-refractivity contribution in [2.45, 2.75) is 24.9 Å². The number of piperidine rings is 1. The number of amides is 1. The van der Waals surface area contributed by atoms with Gasteiger partial charge in [0, 0.05) is 25.2 Å². The van der Waals surface area contributed by atoms with Crippen LogP contribution < -0.4 is 0 Å². The van der Waals surface area contributed by atoms with Gasteiger partial charge in [-0.1, -0.05) is 0 Å². The summed E-state index contributed by atoms with van der Waals surface area (Å²) in [6, 6.07) is 1.29. The Bertz CT molecular complexity index is 743. The largest absolute Gasteiger partial charge is 0.432 e. The number of halogens is 4. The summed E-state index contributed by atoms with van der Waals surface area (Å²) in [4.78, 5) is 23.5. The average Bonchev–Trinajstić information content (AvgIpc) is 3.05. The number of imidazole rings is 1. The average molecular weight is 342 g/mol. The smallest absolute Gasteiger partial charge is 0.338 e. The molecule has 3 rings (SSSR count). The van der Waals surface area contributed by atoms with Crippen LogP contribution in [-0.4, -0.2) is 38.8 Å². The zero-order valence-corrected chi connectivity index (χ0v) is 12.5. The maximum atomic E-state index is 13.7. The van der Waals surface area contributed by atoms with Crippen LogP contribution in [0.4, 0.5) is 17.6 Å². The molecule has 3 heterocycles. The first-order chi connectivity index (χ1) is 11.4. The summed E-state index contributed by atoms with van der Waals surface area (Å²) in [5.41, 5.74) is -1.01. The molecule has 1 amide bonds. The summed E-state index contributed by atoms with van der Waals surface area (Å²) in [7, 11) is 0. The zero-order chi connectivity index (χ0) is 17.3. The number of pyridine rings is 1. The number of alkyl halides is 3. The van der Waals surface area contributed by atoms with Gasteiger partial charge in [0.1, 0.15) is 11.5 Å². The third kappa shape index (κ3) is 3.24. The Kier molecular flexibility index (Phi) is 4.25. The fourth-order valence-corrected chi connectivity index (χ4v) is 2.79. The number of likely N-dealkylation sites (tertiary alicyclic amines) is 1. The molecule has 2 aromatic heterocycles. The highest BCUT2D eigenvalue weighted by Crippen LogP contribution is 2.31. The van der Waals surface area contributed by atoms with E-state index in [1.165, 1.54) is 17.2 Å². The number of nitrogens with one attached hydrogen (secondary N) is 1. The molecule has 9 heteroatoms. The lowest BCUT2D eigenvalue weighted by molar-refractivity contribution is -0.141. The van der Waals surface area contributed by atoms with E-state index in [4.69, 9.17) is 0 Å². The monoisotopic (exact) mass is 342 g/mol. The second-order valence-corrected chi connectivity index (χ2v) is 5.63. The Morgan fingerprint density at radius 2 is 2.12 bits per heavy atom. The number of aromatic amines is 1. The zero-order valence-electron chi connectivity index (χ0n) is 12.5. The molecule has 1 aliphatic rings. The lowest BCUT2D eigenvalue weighted by Crippen LogP contribution is -2.39. The summed E-state index contributed by atoms with van der Waals surface area (Å²) in [6.45, 7) is 0.606. The minimum Gasteiger partial charge on any atom is -0.338 e. The summed E-state index contributed by atoms with van der Waals surface area (Å²) in [5.74, 6) is -1.37. The van der Waals surface area contributed by atoms with Crippen LogP contribution in [0.2, 0.25) is 0 Å². The summed E-state index contributed by atoms with van der Waals surface area (Å²) in [6.07, 6.45) is -0.260. The third-order valence-electron chi connectivity index (χ3n) is 4.00. The molecule has 24 heavy (non-hydrogen) atoms. The van der Waals surface area contributed by atoms with Gasteiger partial charge in [0.15, 0.2) is 5.82 Å². The molecule has 1 atom stereocenters. The first-order valence-electron chi connectivity index (χ1n) is 7.37. The number of rotatable bonds is 2. The molecule has 0 aromatic carbocycles. The number of hydrogen-bond donors (Lipinski definition) is 1. The predicted octanol–water partition coefficient (Wildman–Crippen LogP) is 2.98. The van der Waals surface area contributed by atoms with Crippen LogP contribution in [0.1, 0.15) is 40.6 Å². The lowest BCUT2D eigenvalue weighted by atomic mass is 9.96. The molecule has 0 saturated carbocycles. The maximum absolute atomic E-state index is 13.7. The molecule has 5 nitrogen and oxygen atoms in total. The highest BCUT2D eigenvalue weighted by Gasteiger charge is 2.35. The first-order valence-corrected chi connectivity index (χ1v) is 7.37. The summed E-state index contributed by atoms with van der Waals surface area (Å²) in [5, 5.41) is 0. The van der Waals surface area contributed by atoms with Crippen LogP contribution in [0.15, 0.2) is 24.7 Å². The minimum atomic E-state index is -4.49. The maximum Gasteiger partial charge on any atom is 0.432 e. The second-order valence-electron chi connectivity index (χ2n) is 5.63. The third-order valence-corrected chi connectivity index (χ3v) is 4.00. The number of hydrogen-bond acceptors (Lipinski definition) is 3. The fraction of sp³-hybridized carbons (Fsp3) is 0.400. The molecule has 1 N–H and O–H groups in total. The molecular formula is C15H14F4N4O. The standard InChI is InChI=1S/C15H14F4N4O/c16-11-6-20-4-3-10(11)14(24)23-5-1-2-9(8-23)13-21-7-12(22-13)15(17,18)19/h3-4,6-7,9H,1-2,5,8H2,(H,21,22). The van der Waals surface area contributed by atoms with Crippen molar-refractivity contribution in [3.63, 3.8) is 0 Å². The normalized spacial score (nSPS) is 18.7. The van der Waals surface area contributed by atoms with E-state index in [0.717, 1.165) is 12.4 Å². The molecule has 1 aliphatic heterocycles. The summed E-state index contributed by atoms with van der Waals surface area (Å²) >= 11 is 0. The van der Waals surface area contributed by atoms with Crippen LogP contribution >= 0.6 is 0 Å². The summed E-state index contributed by atoms with van der Waals surface area (Å²) < 4.78 is 51.7. The lowest BCUT2D eigenvalue weighted by Gasteiger charge is -2.32. The van der Waals surface area contributed by atoms with E-state index in [0.29, 0.717) is 19.4 Å². The SMILES string of the molecule is O=C(c1ccncc1F)N1CCCC(c2ncc(C(F)(F)F)[nH]2)C1. The van der Waals surface area contributed by atoms with Gasteiger partial charge < -0.3 is 9.88 Å². The molecule has 1 fully saturated rings. The molecule has 0 bridgehead atoms. The first kappa shape index (κ1) is 16.4. The number of H-pyrrole nitrogens is 1. The van der Waals surface area contributed by atoms with E-state index < -0.39 is 23.6 Å². The Morgan fingerprint density at radius 1 is 1.33 bits per heavy atom. The van der Waals surface area contributed by atoms with Gasteiger partial charge in [0.2, 0.25) is 0 Å². The number of aromatic nitrogens is 3. The van der Waals surface area contributed by atoms with Crippen molar-refractivity contribution in [3.8, 4) is 0 Å². The van der Waals surface area contributed by atoms with Crippen LogP contribution in [0, 0.1) is 5.82 Å². The quantitative estimate of drug-likeness (QED) is 0.854. The number of nitrogens with zero attached hydrogens (tertiary/aromatic N) is 3. The van der Waals surface area contributed by atoms with E-state index in [2.05, 4.69) is 15.0 Å². The van der Waals surface area contributed by atoms with Crippen LogP contribution in [0.25, 0.3) is 0 Å². The van der Waals surface area contributed by atoms with Crippen molar-refractivity contribution in [1.82, 2.24) is 19.9 Å². The fourth-order valence-electron chi connectivity index (χ4n) is 2.79. The number of carbonyl (C=O) groups is 1. The van der Waals surface area contributed by atoms with E-state index in [1.54, 1.807) is 0 Å². The number of carbonyl (C=O) groups excluding carboxylic acids is 1. The van der Waals surface area contributed by atoms with Gasteiger partial charge in [0.05, 0.1) is 18.0 Å². The van der Waals surface area contributed by atoms with Gasteiger partial charge in [-0.2, -0.15) is 13.2 Å².